The highest BCUT2D eigenvalue weighted by molar-refractivity contribution is 9.10. The van der Waals surface area contributed by atoms with Crippen LogP contribution in [0.15, 0.2) is 38.1 Å². The lowest BCUT2D eigenvalue weighted by molar-refractivity contribution is -0.741. The Morgan fingerprint density at radius 1 is 1.26 bits per heavy atom. The number of hydrogen-bond donors (Lipinski definition) is 2. The molecular formula is C21H18BrN4O4S+. The largest absolute Gasteiger partial charge is 0.438 e. The first-order chi connectivity index (χ1) is 14.7. The number of Topliss-reactive ketones (excluding diaryl/α,β-unsaturated/α-hetero) is 1. The molecule has 0 aliphatic carbocycles. The molecule has 0 aliphatic heterocycles. The van der Waals surface area contributed by atoms with Crippen molar-refractivity contribution in [2.75, 3.05) is 5.73 Å². The van der Waals surface area contributed by atoms with Gasteiger partial charge < -0.3 is 5.73 Å². The third-order valence-electron chi connectivity index (χ3n) is 5.19. The number of aryl methyl sites for hydroxylation is 3. The lowest BCUT2D eigenvalue weighted by Gasteiger charge is -2.11. The van der Waals surface area contributed by atoms with Crippen molar-refractivity contribution in [2.45, 2.75) is 20.3 Å². The molecular weight excluding hydrogens is 484 g/mol. The van der Waals surface area contributed by atoms with E-state index in [-0.39, 0.29) is 28.5 Å². The molecule has 0 radical (unpaired) electrons. The van der Waals surface area contributed by atoms with E-state index in [9.17, 15) is 14.4 Å². The Morgan fingerprint density at radius 2 is 1.94 bits per heavy atom. The number of carbonyl (C=O) groups is 2. The third-order valence-corrected chi connectivity index (χ3v) is 6.82. The van der Waals surface area contributed by atoms with E-state index in [1.54, 1.807) is 12.1 Å². The van der Waals surface area contributed by atoms with Gasteiger partial charge in [-0.05, 0) is 42.4 Å². The molecule has 31 heavy (non-hydrogen) atoms. The van der Waals surface area contributed by atoms with Crippen LogP contribution in [0.2, 0.25) is 0 Å². The third kappa shape index (κ3) is 3.61. The van der Waals surface area contributed by atoms with E-state index in [2.05, 4.69) is 30.7 Å². The van der Waals surface area contributed by atoms with Gasteiger partial charge in [-0.15, -0.1) is 11.3 Å². The highest BCUT2D eigenvalue weighted by Crippen LogP contribution is 2.37. The van der Waals surface area contributed by atoms with Crippen molar-refractivity contribution in [3.8, 4) is 0 Å². The topological polar surface area (TPSA) is 123 Å². The lowest BCUT2D eigenvalue weighted by Crippen LogP contribution is -2.39. The molecule has 158 valence electrons. The maximum Gasteiger partial charge on any atom is 0.438 e. The van der Waals surface area contributed by atoms with Crippen molar-refractivity contribution in [3.05, 3.63) is 72.1 Å². The van der Waals surface area contributed by atoms with Crippen LogP contribution >= 0.6 is 27.3 Å². The van der Waals surface area contributed by atoms with E-state index in [0.29, 0.717) is 21.5 Å². The number of pyridine rings is 1. The molecule has 0 unspecified atom stereocenters. The number of aromatic amines is 1. The van der Waals surface area contributed by atoms with Gasteiger partial charge in [0.1, 0.15) is 9.71 Å². The van der Waals surface area contributed by atoms with Crippen molar-refractivity contribution in [1.82, 2.24) is 10.3 Å². The van der Waals surface area contributed by atoms with Gasteiger partial charge in [0.05, 0.1) is 5.69 Å². The lowest BCUT2D eigenvalue weighted by atomic mass is 9.96. The second-order valence-corrected chi connectivity index (χ2v) is 9.06. The SMILES string of the molecule is Cc1nc2sc(C(=O)c3c(=O)o[nH][n+]3C)c(N)c2c(C)c1CC(=O)c1ccc(Br)cc1. The van der Waals surface area contributed by atoms with Crippen LogP contribution in [-0.4, -0.2) is 21.8 Å². The number of nitrogens with zero attached hydrogens (tertiary/aromatic N) is 2. The van der Waals surface area contributed by atoms with Crippen LogP contribution < -0.4 is 16.0 Å². The molecule has 0 amide bonds. The number of nitrogens with two attached hydrogens (primary N) is 1. The van der Waals surface area contributed by atoms with Gasteiger partial charge in [-0.3, -0.25) is 14.1 Å². The summed E-state index contributed by atoms with van der Waals surface area (Å²) in [6.45, 7) is 3.69. The summed E-state index contributed by atoms with van der Waals surface area (Å²) >= 11 is 4.48. The molecule has 0 saturated carbocycles. The molecule has 0 atom stereocenters. The summed E-state index contributed by atoms with van der Waals surface area (Å²) in [4.78, 5) is 43.1. The van der Waals surface area contributed by atoms with Crippen molar-refractivity contribution < 1.29 is 18.8 Å². The molecule has 3 heterocycles. The monoisotopic (exact) mass is 501 g/mol. The summed E-state index contributed by atoms with van der Waals surface area (Å²) in [5.41, 5.74) is 8.52. The van der Waals surface area contributed by atoms with Crippen LogP contribution in [0.3, 0.4) is 0 Å². The first-order valence-corrected chi connectivity index (χ1v) is 10.9. The molecule has 0 spiro atoms. The van der Waals surface area contributed by atoms with E-state index < -0.39 is 11.4 Å². The van der Waals surface area contributed by atoms with Crippen molar-refractivity contribution in [2.24, 2.45) is 7.05 Å². The van der Waals surface area contributed by atoms with Crippen LogP contribution in [0.5, 0.6) is 0 Å². The summed E-state index contributed by atoms with van der Waals surface area (Å²) in [5, 5.41) is 2.95. The number of thiophene rings is 1. The van der Waals surface area contributed by atoms with Gasteiger partial charge in [-0.25, -0.2) is 9.78 Å². The zero-order valence-electron chi connectivity index (χ0n) is 16.9. The maximum atomic E-state index is 13.0. The van der Waals surface area contributed by atoms with Gasteiger partial charge in [0.25, 0.3) is 5.78 Å². The fraction of sp³-hybridized carbons (Fsp3) is 0.190. The predicted molar refractivity (Wildman–Crippen MR) is 120 cm³/mol. The number of H-pyrrole nitrogens is 1. The summed E-state index contributed by atoms with van der Waals surface area (Å²) in [6, 6.07) is 7.17. The van der Waals surface area contributed by atoms with Crippen LogP contribution in [0.4, 0.5) is 5.69 Å². The molecule has 0 bridgehead atoms. The molecule has 0 fully saturated rings. The molecule has 4 rings (SSSR count). The normalized spacial score (nSPS) is 11.2. The minimum absolute atomic E-state index is 0.0399. The van der Waals surface area contributed by atoms with Crippen molar-refractivity contribution in [3.63, 3.8) is 0 Å². The molecule has 3 aromatic heterocycles. The molecule has 1 aromatic carbocycles. The average molecular weight is 502 g/mol. The molecule has 4 aromatic rings. The van der Waals surface area contributed by atoms with Crippen LogP contribution in [0.1, 0.15) is 42.5 Å². The Balaban J connectivity index is 1.79. The fourth-order valence-electron chi connectivity index (χ4n) is 3.54. The molecule has 3 N–H and O–H groups in total. The number of aromatic nitrogens is 3. The summed E-state index contributed by atoms with van der Waals surface area (Å²) in [6.07, 6.45) is 0.164. The number of nitrogen functional groups attached to an aromatic ring is 1. The number of anilines is 1. The van der Waals surface area contributed by atoms with Gasteiger partial charge in [0, 0.05) is 27.5 Å². The quantitative estimate of drug-likeness (QED) is 0.320. The fourth-order valence-corrected chi connectivity index (χ4v) is 4.94. The number of rotatable bonds is 5. The predicted octanol–water partition coefficient (Wildman–Crippen LogP) is 3.02. The highest BCUT2D eigenvalue weighted by atomic mass is 79.9. The van der Waals surface area contributed by atoms with Crippen molar-refractivity contribution >= 4 is 54.7 Å². The number of ketones is 2. The number of nitrogens with one attached hydrogen (secondary N) is 1. The Bertz CT molecular complexity index is 1420. The van der Waals surface area contributed by atoms with Gasteiger partial charge in [-0.2, -0.15) is 0 Å². The molecule has 8 nitrogen and oxygen atoms in total. The second-order valence-electron chi connectivity index (χ2n) is 7.15. The maximum absolute atomic E-state index is 13.0. The number of benzene rings is 1. The smallest absolute Gasteiger partial charge is 0.397 e. The molecule has 0 aliphatic rings. The Hall–Kier alpha value is -3.11. The minimum Gasteiger partial charge on any atom is -0.397 e. The van der Waals surface area contributed by atoms with Gasteiger partial charge in [0.15, 0.2) is 12.8 Å². The van der Waals surface area contributed by atoms with E-state index >= 15 is 0 Å². The summed E-state index contributed by atoms with van der Waals surface area (Å²) in [5.74, 6) is -0.579. The van der Waals surface area contributed by atoms with E-state index in [0.717, 1.165) is 26.9 Å². The van der Waals surface area contributed by atoms with Gasteiger partial charge in [-0.1, -0.05) is 32.7 Å². The van der Waals surface area contributed by atoms with Crippen LogP contribution in [0.25, 0.3) is 10.2 Å². The average Bonchev–Trinajstić information content (AvgIpc) is 3.23. The van der Waals surface area contributed by atoms with Gasteiger partial charge >= 0.3 is 11.3 Å². The Morgan fingerprint density at radius 3 is 2.55 bits per heavy atom. The second kappa shape index (κ2) is 7.86. The van der Waals surface area contributed by atoms with Crippen molar-refractivity contribution in [1.29, 1.82) is 0 Å². The van der Waals surface area contributed by atoms with E-state index in [4.69, 9.17) is 5.73 Å². The van der Waals surface area contributed by atoms with Crippen LogP contribution in [-0.2, 0) is 13.5 Å². The number of halogens is 1. The number of carbonyl (C=O) groups excluding carboxylic acids is 2. The Labute approximate surface area is 188 Å². The zero-order chi connectivity index (χ0) is 22.4. The van der Waals surface area contributed by atoms with Crippen LogP contribution in [0, 0.1) is 13.8 Å². The minimum atomic E-state index is -0.772. The van der Waals surface area contributed by atoms with Gasteiger partial charge in [0.2, 0.25) is 0 Å². The highest BCUT2D eigenvalue weighted by Gasteiger charge is 2.32. The summed E-state index contributed by atoms with van der Waals surface area (Å²) < 4.78 is 6.78. The standard InChI is InChI=1S/C21H17BrN4O4S/c1-9-13(8-14(27)11-4-6-12(22)7-5-11)10(2)24-20-15(9)16(23)19(31-20)18(28)17-21(29)30-25-26(17)3/h4-7H,8H2,1-3H3,(H2-,23,25,28,29)/p+1. The molecule has 10 heteroatoms. The van der Waals surface area contributed by atoms with E-state index in [1.165, 1.54) is 11.7 Å². The molecule has 0 saturated heterocycles. The van der Waals surface area contributed by atoms with E-state index in [1.807, 2.05) is 26.0 Å². The number of hydrogen-bond acceptors (Lipinski definition) is 7. The number of fused-ring (bicyclic) bond motifs is 1. The first kappa shape index (κ1) is 21.1. The zero-order valence-corrected chi connectivity index (χ0v) is 19.3. The Kier molecular flexibility index (Phi) is 5.36. The first-order valence-electron chi connectivity index (χ1n) is 9.28. The summed E-state index contributed by atoms with van der Waals surface area (Å²) in [7, 11) is 1.50.